The zero-order valence-electron chi connectivity index (χ0n) is 10.2. The van der Waals surface area contributed by atoms with Gasteiger partial charge in [-0.05, 0) is 30.5 Å². The molecule has 0 amide bonds. The highest BCUT2D eigenvalue weighted by Gasteiger charge is 2.08. The molecule has 0 bridgehead atoms. The molecule has 1 aromatic carbocycles. The Morgan fingerprint density at radius 3 is 2.88 bits per heavy atom. The molecule has 1 heterocycles. The third-order valence-electron chi connectivity index (χ3n) is 3.10. The first-order valence-corrected chi connectivity index (χ1v) is 7.03. The Hall–Kier alpha value is -0.800. The van der Waals surface area contributed by atoms with Crippen LogP contribution in [0.3, 0.4) is 0 Å². The molecule has 92 valence electrons. The molecule has 0 fully saturated rings. The van der Waals surface area contributed by atoms with Crippen LogP contribution in [0.1, 0.15) is 25.3 Å². The molecule has 2 N–H and O–H groups in total. The predicted octanol–water partition coefficient (Wildman–Crippen LogP) is 3.71. The van der Waals surface area contributed by atoms with Gasteiger partial charge >= 0.3 is 0 Å². The van der Waals surface area contributed by atoms with Gasteiger partial charge in [-0.25, -0.2) is 0 Å². The zero-order valence-corrected chi connectivity index (χ0v) is 11.8. The summed E-state index contributed by atoms with van der Waals surface area (Å²) in [6, 6.07) is 6.50. The number of benzene rings is 1. The summed E-state index contributed by atoms with van der Waals surface area (Å²) >= 11 is 3.54. The van der Waals surface area contributed by atoms with Crippen molar-refractivity contribution in [3.05, 3.63) is 34.4 Å². The Bertz CT molecular complexity index is 502. The van der Waals surface area contributed by atoms with E-state index in [1.54, 1.807) is 0 Å². The summed E-state index contributed by atoms with van der Waals surface area (Å²) in [5, 5.41) is 1.37. The van der Waals surface area contributed by atoms with Crippen LogP contribution >= 0.6 is 15.9 Å². The van der Waals surface area contributed by atoms with Gasteiger partial charge in [0.1, 0.15) is 0 Å². The number of hydrogen-bond donors (Lipinski definition) is 1. The molecule has 1 aromatic heterocycles. The third kappa shape index (κ3) is 2.72. The maximum atomic E-state index is 5.67. The summed E-state index contributed by atoms with van der Waals surface area (Å²) in [4.78, 5) is 0. The summed E-state index contributed by atoms with van der Waals surface area (Å²) in [5.41, 5.74) is 8.40. The van der Waals surface area contributed by atoms with Crippen molar-refractivity contribution in [1.82, 2.24) is 4.57 Å². The third-order valence-corrected chi connectivity index (χ3v) is 3.59. The lowest BCUT2D eigenvalue weighted by molar-refractivity contribution is 0.726. The SMILES string of the molecule is CCCCc1cn(CCN)c2cc(Br)ccc12. The smallest absolute Gasteiger partial charge is 0.0494 e. The van der Waals surface area contributed by atoms with E-state index >= 15 is 0 Å². The molecule has 2 rings (SSSR count). The summed E-state index contributed by atoms with van der Waals surface area (Å²) in [5.74, 6) is 0. The van der Waals surface area contributed by atoms with Gasteiger partial charge in [0, 0.05) is 34.7 Å². The average Bonchev–Trinajstić information content (AvgIpc) is 2.65. The highest BCUT2D eigenvalue weighted by atomic mass is 79.9. The molecule has 2 aromatic rings. The quantitative estimate of drug-likeness (QED) is 0.895. The Balaban J connectivity index is 2.46. The Labute approximate surface area is 111 Å². The lowest BCUT2D eigenvalue weighted by atomic mass is 10.1. The fourth-order valence-corrected chi connectivity index (χ4v) is 2.58. The van der Waals surface area contributed by atoms with Crippen LogP contribution in [0, 0.1) is 0 Å². The second-order valence-electron chi connectivity index (χ2n) is 4.40. The second-order valence-corrected chi connectivity index (χ2v) is 5.32. The van der Waals surface area contributed by atoms with E-state index in [4.69, 9.17) is 5.73 Å². The molecule has 2 nitrogen and oxygen atoms in total. The van der Waals surface area contributed by atoms with Crippen molar-refractivity contribution in [1.29, 1.82) is 0 Å². The monoisotopic (exact) mass is 294 g/mol. The van der Waals surface area contributed by atoms with Gasteiger partial charge in [-0.15, -0.1) is 0 Å². The molecule has 0 radical (unpaired) electrons. The van der Waals surface area contributed by atoms with Crippen molar-refractivity contribution >= 4 is 26.8 Å². The van der Waals surface area contributed by atoms with Crippen LogP contribution in [0.5, 0.6) is 0 Å². The van der Waals surface area contributed by atoms with E-state index in [9.17, 15) is 0 Å². The van der Waals surface area contributed by atoms with E-state index in [0.29, 0.717) is 6.54 Å². The standard InChI is InChI=1S/C14H19BrN2/c1-2-3-4-11-10-17(8-7-16)14-9-12(15)5-6-13(11)14/h5-6,9-10H,2-4,7-8,16H2,1H3. The minimum absolute atomic E-state index is 0.684. The fraction of sp³-hybridized carbons (Fsp3) is 0.429. The van der Waals surface area contributed by atoms with Gasteiger partial charge in [-0.3, -0.25) is 0 Å². The summed E-state index contributed by atoms with van der Waals surface area (Å²) in [6.45, 7) is 3.80. The molecule has 0 aliphatic carbocycles. The number of halogens is 1. The van der Waals surface area contributed by atoms with E-state index in [2.05, 4.69) is 51.8 Å². The highest BCUT2D eigenvalue weighted by Crippen LogP contribution is 2.26. The zero-order chi connectivity index (χ0) is 12.3. The molecule has 0 aliphatic rings. The topological polar surface area (TPSA) is 30.9 Å². The van der Waals surface area contributed by atoms with Crippen molar-refractivity contribution in [2.75, 3.05) is 6.54 Å². The Morgan fingerprint density at radius 2 is 2.18 bits per heavy atom. The van der Waals surface area contributed by atoms with E-state index in [0.717, 1.165) is 17.4 Å². The number of nitrogens with two attached hydrogens (primary N) is 1. The molecule has 0 saturated heterocycles. The molecule has 17 heavy (non-hydrogen) atoms. The highest BCUT2D eigenvalue weighted by molar-refractivity contribution is 9.10. The minimum Gasteiger partial charge on any atom is -0.346 e. The first-order chi connectivity index (χ1) is 8.26. The van der Waals surface area contributed by atoms with Gasteiger partial charge in [-0.1, -0.05) is 35.3 Å². The van der Waals surface area contributed by atoms with Gasteiger partial charge in [0.05, 0.1) is 0 Å². The first-order valence-electron chi connectivity index (χ1n) is 6.23. The molecular formula is C14H19BrN2. The van der Waals surface area contributed by atoms with Gasteiger partial charge in [-0.2, -0.15) is 0 Å². The number of hydrogen-bond acceptors (Lipinski definition) is 1. The maximum Gasteiger partial charge on any atom is 0.0494 e. The second kappa shape index (κ2) is 5.69. The van der Waals surface area contributed by atoms with Crippen LogP contribution in [-0.4, -0.2) is 11.1 Å². The summed E-state index contributed by atoms with van der Waals surface area (Å²) in [6.07, 6.45) is 5.91. The molecular weight excluding hydrogens is 276 g/mol. The van der Waals surface area contributed by atoms with Crippen LogP contribution in [0.15, 0.2) is 28.9 Å². The Morgan fingerprint density at radius 1 is 1.35 bits per heavy atom. The fourth-order valence-electron chi connectivity index (χ4n) is 2.23. The number of aromatic nitrogens is 1. The van der Waals surface area contributed by atoms with Crippen molar-refractivity contribution in [2.45, 2.75) is 32.7 Å². The predicted molar refractivity (Wildman–Crippen MR) is 77.3 cm³/mol. The summed E-state index contributed by atoms with van der Waals surface area (Å²) in [7, 11) is 0. The van der Waals surface area contributed by atoms with E-state index in [1.807, 2.05) is 0 Å². The normalized spacial score (nSPS) is 11.2. The molecule has 0 saturated carbocycles. The number of nitrogens with zero attached hydrogens (tertiary/aromatic N) is 1. The molecule has 0 spiro atoms. The van der Waals surface area contributed by atoms with Crippen molar-refractivity contribution < 1.29 is 0 Å². The van der Waals surface area contributed by atoms with E-state index < -0.39 is 0 Å². The van der Waals surface area contributed by atoms with Crippen LogP contribution in [0.2, 0.25) is 0 Å². The lowest BCUT2D eigenvalue weighted by Gasteiger charge is -2.02. The molecule has 0 unspecified atom stereocenters. The summed E-state index contributed by atoms with van der Waals surface area (Å²) < 4.78 is 3.40. The largest absolute Gasteiger partial charge is 0.346 e. The first kappa shape index (κ1) is 12.7. The van der Waals surface area contributed by atoms with Crippen molar-refractivity contribution in [2.24, 2.45) is 5.73 Å². The van der Waals surface area contributed by atoms with Gasteiger partial charge in [0.25, 0.3) is 0 Å². The van der Waals surface area contributed by atoms with Crippen LogP contribution in [0.4, 0.5) is 0 Å². The van der Waals surface area contributed by atoms with Crippen molar-refractivity contribution in [3.8, 4) is 0 Å². The number of unbranched alkanes of at least 4 members (excludes halogenated alkanes) is 1. The molecule has 0 atom stereocenters. The van der Waals surface area contributed by atoms with E-state index in [1.165, 1.54) is 29.3 Å². The molecule has 3 heteroatoms. The number of aryl methyl sites for hydroxylation is 1. The van der Waals surface area contributed by atoms with Crippen LogP contribution < -0.4 is 5.73 Å². The van der Waals surface area contributed by atoms with Crippen LogP contribution in [-0.2, 0) is 13.0 Å². The van der Waals surface area contributed by atoms with Crippen molar-refractivity contribution in [3.63, 3.8) is 0 Å². The minimum atomic E-state index is 0.684. The van der Waals surface area contributed by atoms with Crippen LogP contribution in [0.25, 0.3) is 10.9 Å². The number of rotatable bonds is 5. The Kier molecular flexibility index (Phi) is 4.24. The van der Waals surface area contributed by atoms with Gasteiger partial charge < -0.3 is 10.3 Å². The van der Waals surface area contributed by atoms with Gasteiger partial charge in [0.2, 0.25) is 0 Å². The van der Waals surface area contributed by atoms with Gasteiger partial charge in [0.15, 0.2) is 0 Å². The average molecular weight is 295 g/mol. The molecule has 0 aliphatic heterocycles. The van der Waals surface area contributed by atoms with E-state index in [-0.39, 0.29) is 0 Å². The maximum absolute atomic E-state index is 5.67. The lowest BCUT2D eigenvalue weighted by Crippen LogP contribution is -2.08. The number of fused-ring (bicyclic) bond motifs is 1.